The average Bonchev–Trinajstić information content (AvgIpc) is 2.39. The highest BCUT2D eigenvalue weighted by Crippen LogP contribution is 2.35. The summed E-state index contributed by atoms with van der Waals surface area (Å²) < 4.78 is 0. The lowest BCUT2D eigenvalue weighted by Crippen LogP contribution is -2.46. The highest BCUT2D eigenvalue weighted by molar-refractivity contribution is 6.30. The Hall–Kier alpha value is -0.770. The van der Waals surface area contributed by atoms with Crippen LogP contribution in [0.2, 0.25) is 5.02 Å². The molecule has 4 heteroatoms. The zero-order chi connectivity index (χ0) is 11.7. The Kier molecular flexibility index (Phi) is 3.23. The summed E-state index contributed by atoms with van der Waals surface area (Å²) in [5, 5.41) is 7.70. The predicted octanol–water partition coefficient (Wildman–Crippen LogP) is 2.10. The molecule has 92 valence electrons. The summed E-state index contributed by atoms with van der Waals surface area (Å²) in [4.78, 5) is 2.58. The van der Waals surface area contributed by atoms with Crippen molar-refractivity contribution < 1.29 is 0 Å². The van der Waals surface area contributed by atoms with Gasteiger partial charge in [-0.15, -0.1) is 0 Å². The largest absolute Gasteiger partial charge is 0.385 e. The summed E-state index contributed by atoms with van der Waals surface area (Å²) >= 11 is 6.12. The van der Waals surface area contributed by atoms with Crippen LogP contribution in [0.4, 0.5) is 5.69 Å². The molecular weight excluding hydrogens is 234 g/mol. The van der Waals surface area contributed by atoms with Gasteiger partial charge in [-0.3, -0.25) is 4.90 Å². The van der Waals surface area contributed by atoms with E-state index in [9.17, 15) is 0 Å². The van der Waals surface area contributed by atoms with Gasteiger partial charge in [0.1, 0.15) is 0 Å². The Balaban J connectivity index is 1.89. The van der Waals surface area contributed by atoms with Gasteiger partial charge >= 0.3 is 0 Å². The maximum Gasteiger partial charge on any atom is 0.0410 e. The SMILES string of the molecule is Clc1ccc2c(c1)C(N1CCNCC1)CCN2. The molecule has 0 spiro atoms. The fraction of sp³-hybridized carbons (Fsp3) is 0.538. The fourth-order valence-electron chi connectivity index (χ4n) is 2.84. The van der Waals surface area contributed by atoms with Gasteiger partial charge in [0.15, 0.2) is 0 Å². The minimum absolute atomic E-state index is 0.534. The standard InChI is InChI=1S/C13H18ClN3/c14-10-1-2-12-11(9-10)13(3-4-16-12)17-7-5-15-6-8-17/h1-2,9,13,15-16H,3-8H2. The number of piperazine rings is 1. The summed E-state index contributed by atoms with van der Waals surface area (Å²) in [5.41, 5.74) is 2.62. The number of halogens is 1. The molecule has 1 fully saturated rings. The predicted molar refractivity (Wildman–Crippen MR) is 71.7 cm³/mol. The van der Waals surface area contributed by atoms with Gasteiger partial charge in [-0.25, -0.2) is 0 Å². The Morgan fingerprint density at radius 2 is 2.00 bits per heavy atom. The highest BCUT2D eigenvalue weighted by atomic mass is 35.5. The molecule has 1 aromatic rings. The molecule has 0 radical (unpaired) electrons. The molecule has 1 atom stereocenters. The van der Waals surface area contributed by atoms with Crippen LogP contribution < -0.4 is 10.6 Å². The minimum Gasteiger partial charge on any atom is -0.385 e. The van der Waals surface area contributed by atoms with Gasteiger partial charge in [-0.05, 0) is 30.2 Å². The Labute approximate surface area is 107 Å². The van der Waals surface area contributed by atoms with Crippen molar-refractivity contribution in [1.82, 2.24) is 10.2 Å². The molecule has 0 amide bonds. The minimum atomic E-state index is 0.534. The highest BCUT2D eigenvalue weighted by Gasteiger charge is 2.26. The van der Waals surface area contributed by atoms with Crippen molar-refractivity contribution in [2.24, 2.45) is 0 Å². The monoisotopic (exact) mass is 251 g/mol. The smallest absolute Gasteiger partial charge is 0.0410 e. The summed E-state index contributed by atoms with van der Waals surface area (Å²) in [7, 11) is 0. The molecule has 0 bridgehead atoms. The van der Waals surface area contributed by atoms with Gasteiger partial charge in [0.2, 0.25) is 0 Å². The van der Waals surface area contributed by atoms with Crippen molar-refractivity contribution in [2.45, 2.75) is 12.5 Å². The van der Waals surface area contributed by atoms with Crippen molar-refractivity contribution in [3.63, 3.8) is 0 Å². The topological polar surface area (TPSA) is 27.3 Å². The molecule has 3 rings (SSSR count). The van der Waals surface area contributed by atoms with Crippen LogP contribution in [0.3, 0.4) is 0 Å². The Morgan fingerprint density at radius 1 is 1.18 bits per heavy atom. The van der Waals surface area contributed by atoms with Gasteiger partial charge in [-0.2, -0.15) is 0 Å². The normalized spacial score (nSPS) is 25.1. The number of hydrogen-bond acceptors (Lipinski definition) is 3. The van der Waals surface area contributed by atoms with E-state index >= 15 is 0 Å². The van der Waals surface area contributed by atoms with Crippen LogP contribution in [0.5, 0.6) is 0 Å². The molecule has 2 aliphatic rings. The van der Waals surface area contributed by atoms with E-state index < -0.39 is 0 Å². The molecule has 1 saturated heterocycles. The van der Waals surface area contributed by atoms with E-state index in [1.165, 1.54) is 17.7 Å². The molecule has 1 aromatic carbocycles. The van der Waals surface area contributed by atoms with E-state index in [1.54, 1.807) is 0 Å². The first-order valence-corrected chi connectivity index (χ1v) is 6.70. The lowest BCUT2D eigenvalue weighted by atomic mass is 9.96. The molecule has 1 unspecified atom stereocenters. The second-order valence-electron chi connectivity index (χ2n) is 4.75. The van der Waals surface area contributed by atoms with Crippen LogP contribution >= 0.6 is 11.6 Å². The summed E-state index contributed by atoms with van der Waals surface area (Å²) in [5.74, 6) is 0. The molecule has 2 heterocycles. The molecular formula is C13H18ClN3. The summed E-state index contributed by atoms with van der Waals surface area (Å²) in [6.45, 7) is 5.52. The van der Waals surface area contributed by atoms with Gasteiger partial charge in [0, 0.05) is 49.5 Å². The van der Waals surface area contributed by atoms with Crippen molar-refractivity contribution in [1.29, 1.82) is 0 Å². The zero-order valence-electron chi connectivity index (χ0n) is 9.88. The average molecular weight is 252 g/mol. The van der Waals surface area contributed by atoms with E-state index in [1.807, 2.05) is 6.07 Å². The lowest BCUT2D eigenvalue weighted by Gasteiger charge is -2.38. The number of benzene rings is 1. The van der Waals surface area contributed by atoms with Gasteiger partial charge in [-0.1, -0.05) is 11.6 Å². The first-order valence-electron chi connectivity index (χ1n) is 6.33. The second kappa shape index (κ2) is 4.84. The van der Waals surface area contributed by atoms with Crippen LogP contribution in [-0.2, 0) is 0 Å². The molecule has 2 N–H and O–H groups in total. The fourth-order valence-corrected chi connectivity index (χ4v) is 3.02. The van der Waals surface area contributed by atoms with Crippen molar-refractivity contribution in [2.75, 3.05) is 38.0 Å². The molecule has 2 aliphatic heterocycles. The lowest BCUT2D eigenvalue weighted by molar-refractivity contribution is 0.166. The van der Waals surface area contributed by atoms with E-state index in [4.69, 9.17) is 11.6 Å². The van der Waals surface area contributed by atoms with Crippen molar-refractivity contribution in [3.05, 3.63) is 28.8 Å². The molecule has 0 saturated carbocycles. The zero-order valence-corrected chi connectivity index (χ0v) is 10.6. The third kappa shape index (κ3) is 2.28. The summed E-state index contributed by atoms with van der Waals surface area (Å²) in [6.07, 6.45) is 1.17. The van der Waals surface area contributed by atoms with Gasteiger partial charge < -0.3 is 10.6 Å². The van der Waals surface area contributed by atoms with Crippen LogP contribution in [0.1, 0.15) is 18.0 Å². The first-order chi connectivity index (χ1) is 8.34. The van der Waals surface area contributed by atoms with Crippen molar-refractivity contribution >= 4 is 17.3 Å². The Bertz CT molecular complexity index is 402. The number of anilines is 1. The van der Waals surface area contributed by atoms with Crippen LogP contribution in [0.15, 0.2) is 18.2 Å². The van der Waals surface area contributed by atoms with E-state index in [-0.39, 0.29) is 0 Å². The quantitative estimate of drug-likeness (QED) is 0.801. The number of hydrogen-bond donors (Lipinski definition) is 2. The maximum absolute atomic E-state index is 6.12. The van der Waals surface area contributed by atoms with Crippen LogP contribution in [0.25, 0.3) is 0 Å². The maximum atomic E-state index is 6.12. The van der Waals surface area contributed by atoms with E-state index in [2.05, 4.69) is 27.7 Å². The number of nitrogens with one attached hydrogen (secondary N) is 2. The van der Waals surface area contributed by atoms with Gasteiger partial charge in [0.05, 0.1) is 0 Å². The van der Waals surface area contributed by atoms with E-state index in [0.717, 1.165) is 37.7 Å². The molecule has 3 nitrogen and oxygen atoms in total. The molecule has 0 aliphatic carbocycles. The van der Waals surface area contributed by atoms with E-state index in [0.29, 0.717) is 6.04 Å². The molecule has 17 heavy (non-hydrogen) atoms. The van der Waals surface area contributed by atoms with Gasteiger partial charge in [0.25, 0.3) is 0 Å². The third-order valence-electron chi connectivity index (χ3n) is 3.70. The van der Waals surface area contributed by atoms with Crippen LogP contribution in [0, 0.1) is 0 Å². The first kappa shape index (κ1) is 11.3. The number of fused-ring (bicyclic) bond motifs is 1. The number of nitrogens with zero attached hydrogens (tertiary/aromatic N) is 1. The third-order valence-corrected chi connectivity index (χ3v) is 3.93. The molecule has 0 aromatic heterocycles. The summed E-state index contributed by atoms with van der Waals surface area (Å²) in [6, 6.07) is 6.72. The van der Waals surface area contributed by atoms with Crippen LogP contribution in [-0.4, -0.2) is 37.6 Å². The second-order valence-corrected chi connectivity index (χ2v) is 5.19. The number of rotatable bonds is 1. The Morgan fingerprint density at radius 3 is 2.82 bits per heavy atom. The van der Waals surface area contributed by atoms with Crippen molar-refractivity contribution in [3.8, 4) is 0 Å².